The van der Waals surface area contributed by atoms with Gasteiger partial charge in [-0.1, -0.05) is 0 Å². The van der Waals surface area contributed by atoms with E-state index in [1.807, 2.05) is 0 Å². The number of aromatic nitrogens is 2. The van der Waals surface area contributed by atoms with Crippen molar-refractivity contribution in [2.75, 3.05) is 7.05 Å². The molecule has 1 heterocycles. The van der Waals surface area contributed by atoms with Gasteiger partial charge in [-0.15, -0.1) is 5.10 Å². The van der Waals surface area contributed by atoms with Crippen molar-refractivity contribution < 1.29 is 8.42 Å². The first kappa shape index (κ1) is 9.08. The minimum Gasteiger partial charge on any atom is -0.213 e. The highest BCUT2D eigenvalue weighted by molar-refractivity contribution is 7.89. The Morgan fingerprint density at radius 2 is 2.00 bits per heavy atom. The van der Waals surface area contributed by atoms with Crippen molar-refractivity contribution in [1.82, 2.24) is 14.9 Å². The molecule has 66 valence electrons. The second kappa shape index (κ2) is 3.16. The molecule has 0 unspecified atom stereocenters. The van der Waals surface area contributed by atoms with E-state index in [0.29, 0.717) is 5.69 Å². The first-order valence-corrected chi connectivity index (χ1v) is 4.78. The van der Waals surface area contributed by atoms with E-state index < -0.39 is 10.0 Å². The maximum atomic E-state index is 11.1. The molecular formula is C6H9N3O2S. The minimum absolute atomic E-state index is 0.0596. The number of nitrogens with one attached hydrogen (secondary N) is 1. The second-order valence-corrected chi connectivity index (χ2v) is 4.05. The van der Waals surface area contributed by atoms with Gasteiger partial charge in [0.25, 0.3) is 10.0 Å². The van der Waals surface area contributed by atoms with Crippen LogP contribution in [0.3, 0.4) is 0 Å². The van der Waals surface area contributed by atoms with Gasteiger partial charge in [-0.25, -0.2) is 13.1 Å². The van der Waals surface area contributed by atoms with Crippen LogP contribution in [0, 0.1) is 6.92 Å². The van der Waals surface area contributed by atoms with Crippen LogP contribution in [0.2, 0.25) is 0 Å². The Labute approximate surface area is 70.9 Å². The zero-order chi connectivity index (χ0) is 9.19. The van der Waals surface area contributed by atoms with E-state index in [4.69, 9.17) is 0 Å². The summed E-state index contributed by atoms with van der Waals surface area (Å²) in [5, 5.41) is 7.08. The highest BCUT2D eigenvalue weighted by Crippen LogP contribution is 2.01. The van der Waals surface area contributed by atoms with Gasteiger partial charge in [0.05, 0.1) is 5.69 Å². The molecule has 0 spiro atoms. The fourth-order valence-electron chi connectivity index (χ4n) is 0.635. The van der Waals surface area contributed by atoms with Crippen LogP contribution in [0.15, 0.2) is 17.2 Å². The molecule has 0 radical (unpaired) electrons. The average Bonchev–Trinajstić information content (AvgIpc) is 2.05. The SMILES string of the molecule is CNS(=O)(=O)c1ccc(C)nn1. The number of rotatable bonds is 2. The normalized spacial score (nSPS) is 11.5. The van der Waals surface area contributed by atoms with Gasteiger partial charge in [0.2, 0.25) is 0 Å². The summed E-state index contributed by atoms with van der Waals surface area (Å²) in [4.78, 5) is 0. The van der Waals surface area contributed by atoms with E-state index in [9.17, 15) is 8.42 Å². The molecule has 1 aromatic rings. The van der Waals surface area contributed by atoms with E-state index in [-0.39, 0.29) is 5.03 Å². The predicted molar refractivity (Wildman–Crippen MR) is 43.0 cm³/mol. The van der Waals surface area contributed by atoms with Crippen LogP contribution in [0.5, 0.6) is 0 Å². The van der Waals surface area contributed by atoms with Crippen molar-refractivity contribution in [3.05, 3.63) is 17.8 Å². The monoisotopic (exact) mass is 187 g/mol. The van der Waals surface area contributed by atoms with Gasteiger partial charge in [-0.3, -0.25) is 0 Å². The molecule has 0 aliphatic rings. The number of hydrogen-bond donors (Lipinski definition) is 1. The molecule has 1 N–H and O–H groups in total. The molecule has 0 saturated carbocycles. The van der Waals surface area contributed by atoms with E-state index >= 15 is 0 Å². The molecule has 5 nitrogen and oxygen atoms in total. The Morgan fingerprint density at radius 3 is 2.42 bits per heavy atom. The lowest BCUT2D eigenvalue weighted by atomic mass is 10.4. The summed E-state index contributed by atoms with van der Waals surface area (Å²) >= 11 is 0. The van der Waals surface area contributed by atoms with Gasteiger partial charge in [0, 0.05) is 0 Å². The lowest BCUT2D eigenvalue weighted by Gasteiger charge is -1.99. The van der Waals surface area contributed by atoms with Crippen molar-refractivity contribution >= 4 is 10.0 Å². The smallest absolute Gasteiger partial charge is 0.213 e. The average molecular weight is 187 g/mol. The van der Waals surface area contributed by atoms with Gasteiger partial charge in [-0.2, -0.15) is 5.10 Å². The van der Waals surface area contributed by atoms with Gasteiger partial charge in [-0.05, 0) is 26.1 Å². The largest absolute Gasteiger partial charge is 0.259 e. The van der Waals surface area contributed by atoms with Crippen LogP contribution >= 0.6 is 0 Å². The van der Waals surface area contributed by atoms with E-state index in [1.54, 1.807) is 13.0 Å². The molecule has 0 atom stereocenters. The van der Waals surface area contributed by atoms with Gasteiger partial charge < -0.3 is 0 Å². The Hall–Kier alpha value is -1.01. The fraction of sp³-hybridized carbons (Fsp3) is 0.333. The highest BCUT2D eigenvalue weighted by Gasteiger charge is 2.12. The van der Waals surface area contributed by atoms with Crippen LogP contribution in [0.25, 0.3) is 0 Å². The van der Waals surface area contributed by atoms with Crippen LogP contribution < -0.4 is 4.72 Å². The summed E-state index contributed by atoms with van der Waals surface area (Å²) in [5.41, 5.74) is 0.685. The molecule has 6 heteroatoms. The summed E-state index contributed by atoms with van der Waals surface area (Å²) in [7, 11) is -2.11. The quantitative estimate of drug-likeness (QED) is 0.689. The Morgan fingerprint density at radius 1 is 1.33 bits per heavy atom. The van der Waals surface area contributed by atoms with E-state index in [0.717, 1.165) is 0 Å². The molecule has 0 aliphatic heterocycles. The standard InChI is InChI=1S/C6H9N3O2S/c1-5-3-4-6(9-8-5)12(10,11)7-2/h3-4,7H,1-2H3. The summed E-state index contributed by atoms with van der Waals surface area (Å²) in [6, 6.07) is 3.01. The van der Waals surface area contributed by atoms with E-state index in [1.165, 1.54) is 13.1 Å². The van der Waals surface area contributed by atoms with Crippen LogP contribution in [0.1, 0.15) is 5.69 Å². The van der Waals surface area contributed by atoms with Crippen LogP contribution in [0.4, 0.5) is 0 Å². The lowest BCUT2D eigenvalue weighted by molar-refractivity contribution is 0.582. The summed E-state index contributed by atoms with van der Waals surface area (Å²) in [5.74, 6) is 0. The van der Waals surface area contributed by atoms with Crippen molar-refractivity contribution in [3.63, 3.8) is 0 Å². The van der Waals surface area contributed by atoms with Crippen molar-refractivity contribution in [1.29, 1.82) is 0 Å². The maximum absolute atomic E-state index is 11.1. The summed E-state index contributed by atoms with van der Waals surface area (Å²) in [6.07, 6.45) is 0. The molecule has 12 heavy (non-hydrogen) atoms. The molecule has 0 aromatic carbocycles. The minimum atomic E-state index is -3.44. The number of aryl methyl sites for hydroxylation is 1. The Bertz CT molecular complexity index is 357. The summed E-state index contributed by atoms with van der Waals surface area (Å²) < 4.78 is 24.3. The summed E-state index contributed by atoms with van der Waals surface area (Å²) in [6.45, 7) is 1.74. The molecule has 0 fully saturated rings. The van der Waals surface area contributed by atoms with Crippen molar-refractivity contribution in [2.24, 2.45) is 0 Å². The molecule has 0 amide bonds. The fourth-order valence-corrected chi connectivity index (χ4v) is 1.24. The first-order chi connectivity index (χ1) is 5.56. The third kappa shape index (κ3) is 1.77. The van der Waals surface area contributed by atoms with Crippen LogP contribution in [-0.4, -0.2) is 25.7 Å². The van der Waals surface area contributed by atoms with Crippen molar-refractivity contribution in [2.45, 2.75) is 11.9 Å². The van der Waals surface area contributed by atoms with Crippen molar-refractivity contribution in [3.8, 4) is 0 Å². The number of nitrogens with zero attached hydrogens (tertiary/aromatic N) is 2. The first-order valence-electron chi connectivity index (χ1n) is 3.30. The maximum Gasteiger partial charge on any atom is 0.259 e. The molecule has 0 aliphatic carbocycles. The predicted octanol–water partition coefficient (Wildman–Crippen LogP) is -0.307. The molecular weight excluding hydrogens is 178 g/mol. The third-order valence-corrected chi connectivity index (χ3v) is 2.62. The zero-order valence-corrected chi connectivity index (χ0v) is 7.59. The molecule has 0 bridgehead atoms. The number of hydrogen-bond acceptors (Lipinski definition) is 4. The van der Waals surface area contributed by atoms with E-state index in [2.05, 4.69) is 14.9 Å². The Kier molecular flexibility index (Phi) is 2.39. The van der Waals surface area contributed by atoms with Gasteiger partial charge in [0.15, 0.2) is 5.03 Å². The molecule has 1 rings (SSSR count). The third-order valence-electron chi connectivity index (χ3n) is 1.32. The zero-order valence-electron chi connectivity index (χ0n) is 6.77. The van der Waals surface area contributed by atoms with Gasteiger partial charge >= 0.3 is 0 Å². The lowest BCUT2D eigenvalue weighted by Crippen LogP contribution is -2.20. The second-order valence-electron chi connectivity index (χ2n) is 2.22. The number of sulfonamides is 1. The topological polar surface area (TPSA) is 72.0 Å². The highest BCUT2D eigenvalue weighted by atomic mass is 32.2. The molecule has 0 saturated heterocycles. The molecule has 1 aromatic heterocycles. The Balaban J connectivity index is 3.14. The van der Waals surface area contributed by atoms with Crippen LogP contribution in [-0.2, 0) is 10.0 Å². The van der Waals surface area contributed by atoms with Gasteiger partial charge in [0.1, 0.15) is 0 Å².